The first-order chi connectivity index (χ1) is 30.3. The molecule has 4 aromatic heterocycles. The van der Waals surface area contributed by atoms with Crippen molar-refractivity contribution in [3.63, 3.8) is 0 Å². The maximum absolute atomic E-state index is 7.84. The van der Waals surface area contributed by atoms with E-state index in [-0.39, 0.29) is 95.4 Å². The maximum Gasteiger partial charge on any atom is 0.498 e. The van der Waals surface area contributed by atoms with Gasteiger partial charge in [-0.25, -0.2) is 39.9 Å². The van der Waals surface area contributed by atoms with Crippen LogP contribution in [0.5, 0.6) is 0 Å². The van der Waals surface area contributed by atoms with E-state index in [0.717, 1.165) is 0 Å². The number of aromatic nitrogens is 8. The summed E-state index contributed by atoms with van der Waals surface area (Å²) >= 11 is 14.1. The van der Waals surface area contributed by atoms with Crippen molar-refractivity contribution in [2.45, 2.75) is 151 Å². The second-order valence-corrected chi connectivity index (χ2v) is 18.6. The van der Waals surface area contributed by atoms with Crippen LogP contribution in [0.25, 0.3) is 0 Å². The molecule has 332 valence electrons. The second kappa shape index (κ2) is 20.6. The fraction of sp³-hybridized carbons (Fsp3) is 0.590. The maximum atomic E-state index is 7.84. The van der Waals surface area contributed by atoms with Gasteiger partial charge >= 0.3 is 21.4 Å². The third kappa shape index (κ3) is 14.7. The Bertz CT molecular complexity index is 2120. The summed E-state index contributed by atoms with van der Waals surface area (Å²) < 4.78 is 80.2. The molecule has 0 atom stereocenters. The molecule has 0 spiro atoms. The highest BCUT2D eigenvalue weighted by Gasteiger charge is 2.57. The summed E-state index contributed by atoms with van der Waals surface area (Å²) in [5.41, 5.74) is 8.95. The molecule has 4 N–H and O–H groups in total. The zero-order valence-electron chi connectivity index (χ0n) is 43.8. The Morgan fingerprint density at radius 2 is 0.820 bits per heavy atom. The molecule has 7 heterocycles. The van der Waals surface area contributed by atoms with Gasteiger partial charge in [-0.1, -0.05) is 23.2 Å². The number of hydrogen-bond donors (Lipinski definition) is 2. The van der Waals surface area contributed by atoms with Crippen molar-refractivity contribution >= 4 is 77.3 Å². The molecule has 61 heavy (non-hydrogen) atoms. The Labute approximate surface area is 389 Å². The third-order valence-electron chi connectivity index (χ3n) is 10.4. The third-order valence-corrected chi connectivity index (χ3v) is 11.4. The topological polar surface area (TPSA) is 211 Å². The van der Waals surface area contributed by atoms with Crippen LogP contribution in [0.1, 0.15) is 115 Å². The summed E-state index contributed by atoms with van der Waals surface area (Å²) in [5.74, 6) is 1.79. The van der Waals surface area contributed by atoms with E-state index in [4.69, 9.17) is 70.8 Å². The zero-order valence-corrected chi connectivity index (χ0v) is 40.9. The number of aryl methyl sites for hydroxylation is 4. The molecular weight excluding hydrogens is 888 g/mol. The SMILES string of the molecule is CC1(C)OB(CB2OC(C)(C)C(C)(C)O2)OC1(C)C.Cc1nc(Cl)c(N)c(Cl)n1.[2H]c1nc(C)nc([2H])c1B1OC(C)(C)C(C)(C)O1.[2H]c1nc(C)nc([2H])c1Br.[2H]c1nc(C)nc([2H])c1N. The minimum absolute atomic E-state index is 0.00833. The summed E-state index contributed by atoms with van der Waals surface area (Å²) in [6.07, 6.45) is 0.571. The molecule has 3 aliphatic rings. The molecule has 16 nitrogen and oxygen atoms in total. The average molecular weight is 954 g/mol. The Balaban J connectivity index is 0.000000230. The lowest BCUT2D eigenvalue weighted by molar-refractivity contribution is 0.00578. The largest absolute Gasteiger partial charge is 0.498 e. The van der Waals surface area contributed by atoms with E-state index in [1.165, 1.54) is 0 Å². The smallest absolute Gasteiger partial charge is 0.404 e. The van der Waals surface area contributed by atoms with Crippen molar-refractivity contribution in [3.05, 3.63) is 75.1 Å². The van der Waals surface area contributed by atoms with E-state index in [0.29, 0.717) is 39.5 Å². The standard InChI is InChI=1S/C13H26B2O4.C11H17BN2O2.C5H5BrN2.C5H5Cl2N3.C5H7N3/c1-10(2)11(3,4)17-14(16-10)9-15-18-12(5,6)13(7,8)19-15;1-8-13-6-9(7-14-8)12-15-10(2,3)11(4,5)16-12;1-4-7-2-5(6)3-8-4;1-2-9-4(6)3(8)5(7)10-2;1-4-7-2-5(6)3-8-4/h9H2,1-8H3;6-7H,1-5H3;2-3H,1H3;8H2,1H3;2-3H,6H2,1H3/i;6D,7D;2D,3D;;2D,3D. The van der Waals surface area contributed by atoms with Gasteiger partial charge < -0.3 is 39.4 Å². The van der Waals surface area contributed by atoms with Crippen molar-refractivity contribution in [1.29, 1.82) is 0 Å². The van der Waals surface area contributed by atoms with Crippen LogP contribution in [-0.4, -0.2) is 94.8 Å². The highest BCUT2D eigenvalue weighted by Crippen LogP contribution is 2.42. The number of nitrogens with zero attached hydrogens (tertiary/aromatic N) is 8. The van der Waals surface area contributed by atoms with Crippen molar-refractivity contribution < 1.29 is 36.2 Å². The Hall–Kier alpha value is -3.07. The Kier molecular flexibility index (Phi) is 14.6. The molecule has 0 aliphatic carbocycles. The van der Waals surface area contributed by atoms with Gasteiger partial charge in [0.25, 0.3) is 0 Å². The van der Waals surface area contributed by atoms with E-state index in [1.54, 1.807) is 27.7 Å². The Morgan fingerprint density at radius 1 is 0.525 bits per heavy atom. The molecule has 0 unspecified atom stereocenters. The summed E-state index contributed by atoms with van der Waals surface area (Å²) in [4.78, 5) is 30.2. The van der Waals surface area contributed by atoms with Gasteiger partial charge in [0.2, 0.25) is 0 Å². The molecule has 7 rings (SSSR count). The lowest BCUT2D eigenvalue weighted by atomic mass is 9.64. The molecule has 0 amide bonds. The highest BCUT2D eigenvalue weighted by atomic mass is 79.9. The van der Waals surface area contributed by atoms with Gasteiger partial charge in [-0.3, -0.25) is 0 Å². The second-order valence-electron chi connectivity index (χ2n) is 17.1. The first-order valence-corrected chi connectivity index (χ1v) is 20.8. The van der Waals surface area contributed by atoms with E-state index >= 15 is 0 Å². The quantitative estimate of drug-likeness (QED) is 0.152. The lowest BCUT2D eigenvalue weighted by Gasteiger charge is -2.32. The van der Waals surface area contributed by atoms with Crippen molar-refractivity contribution in [3.8, 4) is 0 Å². The zero-order chi connectivity index (χ0) is 51.6. The molecule has 0 aromatic carbocycles. The van der Waals surface area contributed by atoms with Crippen molar-refractivity contribution in [1.82, 2.24) is 39.9 Å². The molecule has 4 aromatic rings. The van der Waals surface area contributed by atoms with Gasteiger partial charge in [0.15, 0.2) is 10.3 Å². The molecule has 0 bridgehead atoms. The van der Waals surface area contributed by atoms with Crippen LogP contribution in [0, 0.1) is 27.7 Å². The van der Waals surface area contributed by atoms with Gasteiger partial charge in [0.1, 0.15) is 29.0 Å². The van der Waals surface area contributed by atoms with Crippen LogP contribution in [0.4, 0.5) is 11.4 Å². The van der Waals surface area contributed by atoms with Crippen LogP contribution in [0.2, 0.25) is 16.5 Å². The van der Waals surface area contributed by atoms with Gasteiger partial charge in [-0.15, -0.1) is 0 Å². The fourth-order valence-corrected chi connectivity index (χ4v) is 5.48. The molecule has 3 saturated heterocycles. The number of nitrogen functional groups attached to an aromatic ring is 2. The van der Waals surface area contributed by atoms with Gasteiger partial charge in [0, 0.05) is 36.4 Å². The first-order valence-electron chi connectivity index (χ1n) is 22.2. The minimum Gasteiger partial charge on any atom is -0.404 e. The van der Waals surface area contributed by atoms with Crippen LogP contribution < -0.4 is 16.9 Å². The molecule has 0 saturated carbocycles. The van der Waals surface area contributed by atoms with Gasteiger partial charge in [-0.2, -0.15) is 0 Å². The van der Waals surface area contributed by atoms with Crippen LogP contribution in [0.3, 0.4) is 0 Å². The average Bonchev–Trinajstić information content (AvgIpc) is 3.59. The van der Waals surface area contributed by atoms with Crippen molar-refractivity contribution in [2.24, 2.45) is 0 Å². The molecule has 0 radical (unpaired) electrons. The normalized spacial score (nSPS) is 20.9. The first kappa shape index (κ1) is 43.2. The molecule has 3 fully saturated rings. The number of rotatable bonds is 3. The van der Waals surface area contributed by atoms with Crippen LogP contribution in [-0.2, 0) is 27.9 Å². The van der Waals surface area contributed by atoms with Gasteiger partial charge in [0.05, 0.1) is 64.3 Å². The van der Waals surface area contributed by atoms with Crippen LogP contribution in [0.15, 0.2) is 41.5 Å². The molecular formula is C39H60B3BrCl2N10O6. The summed E-state index contributed by atoms with van der Waals surface area (Å²) in [6.45, 7) is 30.8. The number of anilines is 2. The number of hydrogen-bond acceptors (Lipinski definition) is 16. The minimum atomic E-state index is -0.754. The Morgan fingerprint density at radius 3 is 1.16 bits per heavy atom. The van der Waals surface area contributed by atoms with E-state index < -0.39 is 18.3 Å². The highest BCUT2D eigenvalue weighted by molar-refractivity contribution is 9.10. The van der Waals surface area contributed by atoms with Crippen molar-refractivity contribution in [2.75, 3.05) is 11.5 Å². The summed E-state index contributed by atoms with van der Waals surface area (Å²) in [5, 5.41) is 0.412. The molecule has 3 aliphatic heterocycles. The summed E-state index contributed by atoms with van der Waals surface area (Å²) in [6, 6.07) is 0. The van der Waals surface area contributed by atoms with E-state index in [1.807, 2.05) is 27.7 Å². The number of nitrogens with two attached hydrogens (primary N) is 2. The predicted octanol–water partition coefficient (Wildman–Crippen LogP) is 7.38. The van der Waals surface area contributed by atoms with Gasteiger partial charge in [-0.05, 0) is 127 Å². The van der Waals surface area contributed by atoms with E-state index in [2.05, 4.69) is 111 Å². The predicted molar refractivity (Wildman–Crippen MR) is 246 cm³/mol. The monoisotopic (exact) mass is 952 g/mol. The summed E-state index contributed by atoms with van der Waals surface area (Å²) in [7, 11) is -1.31. The lowest BCUT2D eigenvalue weighted by Crippen LogP contribution is -2.41. The molecule has 22 heteroatoms. The fourth-order valence-electron chi connectivity index (χ4n) is 4.84. The number of halogens is 3. The van der Waals surface area contributed by atoms with E-state index in [9.17, 15) is 0 Å². The van der Waals surface area contributed by atoms with Crippen LogP contribution >= 0.6 is 39.1 Å².